The zero-order valence-electron chi connectivity index (χ0n) is 20.9. The molecule has 192 valence electrons. The van der Waals surface area contributed by atoms with Crippen molar-refractivity contribution in [3.8, 4) is 28.1 Å². The molecule has 0 spiro atoms. The van der Waals surface area contributed by atoms with Gasteiger partial charge in [0, 0.05) is 62.4 Å². The Morgan fingerprint density at radius 2 is 1.84 bits per heavy atom. The number of fused-ring (bicyclic) bond motifs is 3. The van der Waals surface area contributed by atoms with E-state index in [-0.39, 0.29) is 12.8 Å². The Balaban J connectivity index is 1.19. The Morgan fingerprint density at radius 3 is 2.63 bits per heavy atom. The molecule has 0 radical (unpaired) electrons. The fourth-order valence-corrected chi connectivity index (χ4v) is 4.92. The fraction of sp³-hybridized carbons (Fsp3) is 0.250. The van der Waals surface area contributed by atoms with Crippen molar-refractivity contribution in [2.45, 2.75) is 6.04 Å². The third-order valence-corrected chi connectivity index (χ3v) is 6.87. The quantitative estimate of drug-likeness (QED) is 0.294. The minimum Gasteiger partial charge on any atom is -0.467 e. The summed E-state index contributed by atoms with van der Waals surface area (Å²) in [6.07, 6.45) is 4.51. The van der Waals surface area contributed by atoms with E-state index < -0.39 is 0 Å². The Labute approximate surface area is 220 Å². The lowest BCUT2D eigenvalue weighted by Gasteiger charge is -2.45. The molecule has 10 nitrogen and oxygen atoms in total. The number of nitrogens with zero attached hydrogens (tertiary/aromatic N) is 6. The number of hydrogen-bond acceptors (Lipinski definition) is 10. The van der Waals surface area contributed by atoms with Crippen molar-refractivity contribution in [2.24, 2.45) is 0 Å². The predicted octanol–water partition coefficient (Wildman–Crippen LogP) is 3.52. The lowest BCUT2D eigenvalue weighted by molar-refractivity contribution is 0.0515. The minimum absolute atomic E-state index is 0.163. The lowest BCUT2D eigenvalue weighted by Crippen LogP contribution is -2.58. The summed E-state index contributed by atoms with van der Waals surface area (Å²) in [6.45, 7) is 3.30. The van der Waals surface area contributed by atoms with Crippen molar-refractivity contribution in [2.75, 3.05) is 55.2 Å². The van der Waals surface area contributed by atoms with Gasteiger partial charge in [-0.1, -0.05) is 36.4 Å². The average molecular weight is 510 g/mol. The second-order valence-electron chi connectivity index (χ2n) is 9.20. The molecule has 1 atom stereocenters. The van der Waals surface area contributed by atoms with Gasteiger partial charge in [0.15, 0.2) is 12.6 Å². The highest BCUT2D eigenvalue weighted by molar-refractivity contribution is 5.78. The number of anilines is 3. The molecule has 2 aromatic heterocycles. The van der Waals surface area contributed by atoms with Gasteiger partial charge < -0.3 is 24.6 Å². The van der Waals surface area contributed by atoms with Crippen LogP contribution in [0, 0.1) is 0 Å². The number of nitrogens with one attached hydrogen (secondary N) is 1. The minimum atomic E-state index is 0.163. The molecule has 1 N–H and O–H groups in total. The van der Waals surface area contributed by atoms with Crippen molar-refractivity contribution in [1.82, 2.24) is 20.2 Å². The van der Waals surface area contributed by atoms with Crippen LogP contribution in [0.15, 0.2) is 67.0 Å². The smallest absolute Gasteiger partial charge is 0.225 e. The predicted molar refractivity (Wildman–Crippen MR) is 145 cm³/mol. The summed E-state index contributed by atoms with van der Waals surface area (Å²) >= 11 is 0. The zero-order valence-corrected chi connectivity index (χ0v) is 20.9. The Bertz CT molecular complexity index is 1430. The first kappa shape index (κ1) is 23.8. The van der Waals surface area contributed by atoms with E-state index in [1.54, 1.807) is 19.2 Å². The number of para-hydroxylation sites is 1. The second-order valence-corrected chi connectivity index (χ2v) is 9.20. The van der Waals surface area contributed by atoms with Crippen LogP contribution < -0.4 is 19.9 Å². The maximum absolute atomic E-state index is 10.9. The number of ether oxygens (including phenoxy) is 2. The Morgan fingerprint density at radius 1 is 1.03 bits per heavy atom. The number of hydrogen-bond donors (Lipinski definition) is 1. The van der Waals surface area contributed by atoms with Crippen molar-refractivity contribution in [3.63, 3.8) is 0 Å². The van der Waals surface area contributed by atoms with Crippen molar-refractivity contribution in [1.29, 1.82) is 0 Å². The molecule has 38 heavy (non-hydrogen) atoms. The number of methoxy groups -OCH3 is 1. The highest BCUT2D eigenvalue weighted by Gasteiger charge is 2.34. The second kappa shape index (κ2) is 10.4. The summed E-state index contributed by atoms with van der Waals surface area (Å²) in [6, 6.07) is 17.5. The molecule has 10 heteroatoms. The monoisotopic (exact) mass is 509 g/mol. The molecule has 6 rings (SSSR count). The van der Waals surface area contributed by atoms with Crippen LogP contribution >= 0.6 is 0 Å². The number of carbonyl (C=O) groups is 1. The molecule has 1 saturated heterocycles. The maximum Gasteiger partial charge on any atom is 0.225 e. The van der Waals surface area contributed by atoms with Crippen molar-refractivity contribution >= 4 is 23.7 Å². The number of aldehydes is 1. The molecule has 0 aliphatic carbocycles. The van der Waals surface area contributed by atoms with Crippen LogP contribution in [0.2, 0.25) is 0 Å². The average Bonchev–Trinajstić information content (AvgIpc) is 2.99. The SMILES string of the molecule is COCOc1ccccc1-c1cc2c(nn1)NCC1CN(c3ncc(-c4ccc(C=O)cc4)cn3)CCN21. The number of piperazine rings is 1. The molecule has 1 fully saturated rings. The molecule has 2 aliphatic rings. The first-order chi connectivity index (χ1) is 18.7. The van der Waals surface area contributed by atoms with Crippen LogP contribution in [-0.2, 0) is 4.74 Å². The number of aromatic nitrogens is 4. The van der Waals surface area contributed by atoms with Crippen LogP contribution in [0.4, 0.5) is 17.5 Å². The third kappa shape index (κ3) is 4.61. The lowest BCUT2D eigenvalue weighted by atomic mass is 10.1. The van der Waals surface area contributed by atoms with Gasteiger partial charge in [0.25, 0.3) is 0 Å². The molecule has 0 saturated carbocycles. The van der Waals surface area contributed by atoms with Gasteiger partial charge >= 0.3 is 0 Å². The van der Waals surface area contributed by atoms with Crippen LogP contribution in [-0.4, -0.2) is 72.6 Å². The molecule has 0 amide bonds. The van der Waals surface area contributed by atoms with E-state index in [1.807, 2.05) is 48.8 Å². The topological polar surface area (TPSA) is 106 Å². The van der Waals surface area contributed by atoms with Gasteiger partial charge in [-0.05, 0) is 23.8 Å². The Kier molecular flexibility index (Phi) is 6.53. The van der Waals surface area contributed by atoms with Gasteiger partial charge in [-0.2, -0.15) is 0 Å². The van der Waals surface area contributed by atoms with Gasteiger partial charge in [0.05, 0.1) is 17.4 Å². The molecule has 4 heterocycles. The van der Waals surface area contributed by atoms with E-state index in [9.17, 15) is 4.79 Å². The van der Waals surface area contributed by atoms with Gasteiger partial charge in [-0.15, -0.1) is 10.2 Å². The van der Waals surface area contributed by atoms with Gasteiger partial charge in [-0.25, -0.2) is 9.97 Å². The summed E-state index contributed by atoms with van der Waals surface area (Å²) in [4.78, 5) is 24.8. The first-order valence-electron chi connectivity index (χ1n) is 12.5. The molecular formula is C28H27N7O3. The van der Waals surface area contributed by atoms with E-state index in [0.717, 1.165) is 66.4 Å². The van der Waals surface area contributed by atoms with E-state index in [4.69, 9.17) is 9.47 Å². The molecule has 2 aliphatic heterocycles. The molecular weight excluding hydrogens is 482 g/mol. The van der Waals surface area contributed by atoms with Crippen LogP contribution in [0.3, 0.4) is 0 Å². The molecule has 4 aromatic rings. The third-order valence-electron chi connectivity index (χ3n) is 6.87. The largest absolute Gasteiger partial charge is 0.467 e. The highest BCUT2D eigenvalue weighted by atomic mass is 16.7. The van der Waals surface area contributed by atoms with Crippen molar-refractivity contribution < 1.29 is 14.3 Å². The van der Waals surface area contributed by atoms with Crippen LogP contribution in [0.25, 0.3) is 22.4 Å². The maximum atomic E-state index is 10.9. The number of rotatable bonds is 7. The normalized spacial score (nSPS) is 16.3. The molecule has 2 aromatic carbocycles. The van der Waals surface area contributed by atoms with Gasteiger partial charge in [-0.3, -0.25) is 4.79 Å². The van der Waals surface area contributed by atoms with E-state index in [0.29, 0.717) is 17.3 Å². The number of carbonyl (C=O) groups excluding carboxylic acids is 1. The van der Waals surface area contributed by atoms with E-state index in [2.05, 4.69) is 41.3 Å². The summed E-state index contributed by atoms with van der Waals surface area (Å²) in [7, 11) is 1.60. The summed E-state index contributed by atoms with van der Waals surface area (Å²) < 4.78 is 10.8. The summed E-state index contributed by atoms with van der Waals surface area (Å²) in [5, 5.41) is 12.4. The highest BCUT2D eigenvalue weighted by Crippen LogP contribution is 2.36. The van der Waals surface area contributed by atoms with E-state index in [1.165, 1.54) is 0 Å². The van der Waals surface area contributed by atoms with Crippen LogP contribution in [0.5, 0.6) is 5.75 Å². The standard InChI is InChI=1S/C28H27N7O3/c1-37-18-38-26-5-3-2-4-23(26)24-12-25-27(33-32-24)29-15-22-16-34(10-11-35(22)25)28-30-13-21(14-31-28)20-8-6-19(17-36)7-9-20/h2-9,12-14,17,22H,10-11,15-16,18H2,1H3,(H,29,33). The van der Waals surface area contributed by atoms with Crippen molar-refractivity contribution in [3.05, 3.63) is 72.6 Å². The van der Waals surface area contributed by atoms with Gasteiger partial charge in [0.1, 0.15) is 12.0 Å². The van der Waals surface area contributed by atoms with E-state index >= 15 is 0 Å². The summed E-state index contributed by atoms with van der Waals surface area (Å²) in [5.41, 5.74) is 5.19. The molecule has 1 unspecified atom stereocenters. The zero-order chi connectivity index (χ0) is 25.9. The van der Waals surface area contributed by atoms with Gasteiger partial charge in [0.2, 0.25) is 5.95 Å². The Hall–Kier alpha value is -4.57. The first-order valence-corrected chi connectivity index (χ1v) is 12.5. The molecule has 0 bridgehead atoms. The number of benzene rings is 2. The van der Waals surface area contributed by atoms with Crippen LogP contribution in [0.1, 0.15) is 10.4 Å². The summed E-state index contributed by atoms with van der Waals surface area (Å²) in [5.74, 6) is 2.20. The fourth-order valence-electron chi connectivity index (χ4n) is 4.92.